The number of benzene rings is 1. The zero-order valence-corrected chi connectivity index (χ0v) is 15.0. The summed E-state index contributed by atoms with van der Waals surface area (Å²) in [6.45, 7) is 6.50. The van der Waals surface area contributed by atoms with E-state index in [1.54, 1.807) is 0 Å². The van der Waals surface area contributed by atoms with Crippen molar-refractivity contribution in [3.05, 3.63) is 30.2 Å². The molecular formula is C20H27N3O2. The van der Waals surface area contributed by atoms with Gasteiger partial charge in [0, 0.05) is 25.6 Å². The number of para-hydroxylation sites is 2. The van der Waals surface area contributed by atoms with E-state index in [1.165, 1.54) is 0 Å². The molecule has 0 bridgehead atoms. The van der Waals surface area contributed by atoms with Gasteiger partial charge in [-0.25, -0.2) is 4.98 Å². The second kappa shape index (κ2) is 7.16. The Morgan fingerprint density at radius 1 is 1.20 bits per heavy atom. The molecule has 1 atom stereocenters. The molecule has 2 aromatic rings. The lowest BCUT2D eigenvalue weighted by atomic mass is 9.97. The predicted octanol–water partition coefficient (Wildman–Crippen LogP) is 3.27. The van der Waals surface area contributed by atoms with Gasteiger partial charge in [0.15, 0.2) is 11.5 Å². The molecule has 5 nitrogen and oxygen atoms in total. The Labute approximate surface area is 149 Å². The number of hydrogen-bond acceptors (Lipinski definition) is 4. The molecule has 0 saturated carbocycles. The van der Waals surface area contributed by atoms with Crippen LogP contribution >= 0.6 is 0 Å². The Balaban J connectivity index is 1.38. The van der Waals surface area contributed by atoms with Crippen molar-refractivity contribution in [2.45, 2.75) is 38.5 Å². The number of oxazole rings is 1. The topological polar surface area (TPSA) is 49.6 Å². The zero-order chi connectivity index (χ0) is 17.2. The Bertz CT molecular complexity index is 700. The maximum absolute atomic E-state index is 12.6. The number of carbonyl (C=O) groups is 1. The summed E-state index contributed by atoms with van der Waals surface area (Å²) in [6.07, 6.45) is 4.45. The Morgan fingerprint density at radius 3 is 2.80 bits per heavy atom. The van der Waals surface area contributed by atoms with Crippen molar-refractivity contribution in [3.63, 3.8) is 0 Å². The van der Waals surface area contributed by atoms with Gasteiger partial charge in [-0.15, -0.1) is 0 Å². The molecule has 0 spiro atoms. The highest BCUT2D eigenvalue weighted by Crippen LogP contribution is 2.29. The van der Waals surface area contributed by atoms with Gasteiger partial charge >= 0.3 is 0 Å². The largest absolute Gasteiger partial charge is 0.440 e. The number of nitrogens with zero attached hydrogens (tertiary/aromatic N) is 3. The molecule has 1 amide bonds. The normalized spacial score (nSPS) is 23.2. The van der Waals surface area contributed by atoms with Crippen LogP contribution in [0.25, 0.3) is 11.1 Å². The van der Waals surface area contributed by atoms with Crippen molar-refractivity contribution in [2.75, 3.05) is 32.7 Å². The third-order valence-corrected chi connectivity index (χ3v) is 5.66. The SMILES string of the molecule is CC1CCN(C(=O)CN2CCC[C@H](c3nc4ccccc4o3)C2)CC1. The molecule has 5 heteroatoms. The summed E-state index contributed by atoms with van der Waals surface area (Å²) in [7, 11) is 0. The number of piperidine rings is 2. The van der Waals surface area contributed by atoms with E-state index in [0.29, 0.717) is 6.54 Å². The number of aromatic nitrogens is 1. The molecule has 2 saturated heterocycles. The van der Waals surface area contributed by atoms with Crippen molar-refractivity contribution in [2.24, 2.45) is 5.92 Å². The van der Waals surface area contributed by atoms with E-state index in [2.05, 4.69) is 16.8 Å². The number of hydrogen-bond donors (Lipinski definition) is 0. The second-order valence-electron chi connectivity index (χ2n) is 7.66. The fourth-order valence-corrected chi connectivity index (χ4v) is 4.01. The van der Waals surface area contributed by atoms with Gasteiger partial charge in [0.05, 0.1) is 6.54 Å². The maximum Gasteiger partial charge on any atom is 0.236 e. The first kappa shape index (κ1) is 16.6. The lowest BCUT2D eigenvalue weighted by Gasteiger charge is -2.35. The van der Waals surface area contributed by atoms with Gasteiger partial charge < -0.3 is 9.32 Å². The van der Waals surface area contributed by atoms with Gasteiger partial charge in [-0.2, -0.15) is 0 Å². The fraction of sp³-hybridized carbons (Fsp3) is 0.600. The zero-order valence-electron chi connectivity index (χ0n) is 15.0. The maximum atomic E-state index is 12.6. The second-order valence-corrected chi connectivity index (χ2v) is 7.66. The van der Waals surface area contributed by atoms with Crippen LogP contribution in [0.4, 0.5) is 0 Å². The van der Waals surface area contributed by atoms with Crippen LogP contribution in [0, 0.1) is 5.92 Å². The van der Waals surface area contributed by atoms with Crippen LogP contribution in [0.1, 0.15) is 44.4 Å². The average molecular weight is 341 g/mol. The standard InChI is InChI=1S/C20H27N3O2/c1-15-8-11-23(12-9-15)19(24)14-22-10-4-5-16(13-22)20-21-17-6-2-3-7-18(17)25-20/h2-3,6-7,15-16H,4-5,8-14H2,1H3/t16-/m0/s1. The van der Waals surface area contributed by atoms with Gasteiger partial charge in [-0.3, -0.25) is 9.69 Å². The molecule has 2 aliphatic rings. The molecule has 1 aromatic heterocycles. The summed E-state index contributed by atoms with van der Waals surface area (Å²) in [4.78, 5) is 21.6. The van der Waals surface area contributed by atoms with E-state index in [1.807, 2.05) is 29.2 Å². The highest BCUT2D eigenvalue weighted by Gasteiger charge is 2.28. The van der Waals surface area contributed by atoms with Gasteiger partial charge in [0.2, 0.25) is 5.91 Å². The lowest BCUT2D eigenvalue weighted by molar-refractivity contribution is -0.134. The molecule has 0 radical (unpaired) electrons. The summed E-state index contributed by atoms with van der Waals surface area (Å²) in [5.41, 5.74) is 1.78. The van der Waals surface area contributed by atoms with Crippen molar-refractivity contribution < 1.29 is 9.21 Å². The molecule has 25 heavy (non-hydrogen) atoms. The number of fused-ring (bicyclic) bond motifs is 1. The van der Waals surface area contributed by atoms with Crippen LogP contribution in [0.5, 0.6) is 0 Å². The number of amides is 1. The minimum atomic E-state index is 0.283. The summed E-state index contributed by atoms with van der Waals surface area (Å²) >= 11 is 0. The molecule has 0 N–H and O–H groups in total. The van der Waals surface area contributed by atoms with E-state index < -0.39 is 0 Å². The summed E-state index contributed by atoms with van der Waals surface area (Å²) in [5.74, 6) is 2.15. The molecule has 134 valence electrons. The number of likely N-dealkylation sites (tertiary alicyclic amines) is 2. The molecular weight excluding hydrogens is 314 g/mol. The van der Waals surface area contributed by atoms with Crippen LogP contribution in [-0.4, -0.2) is 53.4 Å². The number of rotatable bonds is 3. The van der Waals surface area contributed by atoms with Crippen molar-refractivity contribution in [3.8, 4) is 0 Å². The van der Waals surface area contributed by atoms with Crippen LogP contribution in [0.15, 0.2) is 28.7 Å². The average Bonchev–Trinajstić information content (AvgIpc) is 3.07. The van der Waals surface area contributed by atoms with Crippen molar-refractivity contribution >= 4 is 17.0 Å². The Kier molecular flexibility index (Phi) is 4.75. The van der Waals surface area contributed by atoms with Crippen LogP contribution < -0.4 is 0 Å². The highest BCUT2D eigenvalue weighted by atomic mass is 16.3. The Morgan fingerprint density at radius 2 is 2.00 bits per heavy atom. The Hall–Kier alpha value is -1.88. The summed E-state index contributed by atoms with van der Waals surface area (Å²) in [6, 6.07) is 7.92. The first-order valence-electron chi connectivity index (χ1n) is 9.54. The minimum Gasteiger partial charge on any atom is -0.440 e. The van der Waals surface area contributed by atoms with Crippen LogP contribution in [-0.2, 0) is 4.79 Å². The van der Waals surface area contributed by atoms with E-state index in [-0.39, 0.29) is 11.8 Å². The van der Waals surface area contributed by atoms with Gasteiger partial charge in [0.1, 0.15) is 5.52 Å². The quantitative estimate of drug-likeness (QED) is 0.860. The minimum absolute atomic E-state index is 0.283. The van der Waals surface area contributed by atoms with Gasteiger partial charge in [-0.1, -0.05) is 19.1 Å². The van der Waals surface area contributed by atoms with Crippen LogP contribution in [0.3, 0.4) is 0 Å². The third kappa shape index (κ3) is 3.71. The van der Waals surface area contributed by atoms with Gasteiger partial charge in [-0.05, 0) is 50.3 Å². The molecule has 4 rings (SSSR count). The first-order chi connectivity index (χ1) is 12.2. The summed E-state index contributed by atoms with van der Waals surface area (Å²) in [5, 5.41) is 0. The van der Waals surface area contributed by atoms with Crippen LogP contribution in [0.2, 0.25) is 0 Å². The molecule has 3 heterocycles. The molecule has 0 unspecified atom stereocenters. The summed E-state index contributed by atoms with van der Waals surface area (Å²) < 4.78 is 5.96. The fourth-order valence-electron chi connectivity index (χ4n) is 4.01. The molecule has 0 aliphatic carbocycles. The third-order valence-electron chi connectivity index (χ3n) is 5.66. The van der Waals surface area contributed by atoms with E-state index >= 15 is 0 Å². The van der Waals surface area contributed by atoms with Crippen molar-refractivity contribution in [1.82, 2.24) is 14.8 Å². The lowest BCUT2D eigenvalue weighted by Crippen LogP contribution is -2.46. The predicted molar refractivity (Wildman–Crippen MR) is 97.4 cm³/mol. The molecule has 2 fully saturated rings. The number of carbonyl (C=O) groups excluding carboxylic acids is 1. The first-order valence-corrected chi connectivity index (χ1v) is 9.54. The van der Waals surface area contributed by atoms with Gasteiger partial charge in [0.25, 0.3) is 0 Å². The van der Waals surface area contributed by atoms with E-state index in [0.717, 1.165) is 74.8 Å². The van der Waals surface area contributed by atoms with Crippen molar-refractivity contribution in [1.29, 1.82) is 0 Å². The molecule has 1 aromatic carbocycles. The highest BCUT2D eigenvalue weighted by molar-refractivity contribution is 5.78. The van der Waals surface area contributed by atoms with E-state index in [4.69, 9.17) is 4.42 Å². The monoisotopic (exact) mass is 341 g/mol. The molecule has 2 aliphatic heterocycles. The smallest absolute Gasteiger partial charge is 0.236 e. The van der Waals surface area contributed by atoms with E-state index in [9.17, 15) is 4.79 Å².